The van der Waals surface area contributed by atoms with Crippen LogP contribution in [0.2, 0.25) is 0 Å². The fourth-order valence-corrected chi connectivity index (χ4v) is 2.30. The smallest absolute Gasteiger partial charge is 0.341 e. The van der Waals surface area contributed by atoms with Crippen molar-refractivity contribution in [1.82, 2.24) is 0 Å². The van der Waals surface area contributed by atoms with Crippen molar-refractivity contribution in [2.45, 2.75) is 25.9 Å². The molecule has 0 aromatic heterocycles. The standard InChI is InChI=1S/C14H14N4O16/c1-8(19)30-11-5-3-2-4-10(11)13(20)29-7-9(14(33-17(25)26)34-18(27)28)6-12(31-15(21)22)32-16(23)24/h2-5,9,12,14H,6-7H2,1H3. The fourth-order valence-electron chi connectivity index (χ4n) is 2.30. The second-order valence-electron chi connectivity index (χ2n) is 5.80. The van der Waals surface area contributed by atoms with Gasteiger partial charge in [0.05, 0.1) is 6.61 Å². The van der Waals surface area contributed by atoms with Crippen LogP contribution in [0.15, 0.2) is 24.3 Å². The van der Waals surface area contributed by atoms with E-state index in [1.807, 2.05) is 0 Å². The Morgan fingerprint density at radius 3 is 1.82 bits per heavy atom. The van der Waals surface area contributed by atoms with Crippen LogP contribution in [0.1, 0.15) is 23.7 Å². The van der Waals surface area contributed by atoms with Crippen molar-refractivity contribution in [3.63, 3.8) is 0 Å². The molecule has 0 aliphatic rings. The average molecular weight is 494 g/mol. The molecule has 0 bridgehead atoms. The van der Waals surface area contributed by atoms with Gasteiger partial charge in [-0.2, -0.15) is 0 Å². The zero-order valence-electron chi connectivity index (χ0n) is 16.8. The van der Waals surface area contributed by atoms with Gasteiger partial charge in [-0.25, -0.2) is 4.79 Å². The number of benzene rings is 1. The van der Waals surface area contributed by atoms with Crippen LogP contribution in [-0.4, -0.2) is 51.5 Å². The first kappa shape index (κ1) is 27.0. The van der Waals surface area contributed by atoms with Gasteiger partial charge in [0.1, 0.15) is 11.3 Å². The SMILES string of the molecule is CC(=O)Oc1ccccc1C(=O)OCC(CC(O[N+](=O)[O-])O[N+](=O)[O-])C(O[N+](=O)[O-])O[N+](=O)[O-]. The molecule has 0 aliphatic heterocycles. The summed E-state index contributed by atoms with van der Waals surface area (Å²) in [6, 6.07) is 5.12. The van der Waals surface area contributed by atoms with E-state index in [9.17, 15) is 50.0 Å². The zero-order valence-corrected chi connectivity index (χ0v) is 16.8. The van der Waals surface area contributed by atoms with E-state index in [0.717, 1.165) is 13.0 Å². The number of hydrogen-bond acceptors (Lipinski definition) is 16. The molecule has 1 unspecified atom stereocenters. The van der Waals surface area contributed by atoms with Crippen molar-refractivity contribution in [2.75, 3.05) is 6.61 Å². The minimum atomic E-state index is -2.49. The molecule has 0 amide bonds. The van der Waals surface area contributed by atoms with Crippen LogP contribution < -0.4 is 4.74 Å². The Morgan fingerprint density at radius 2 is 1.35 bits per heavy atom. The molecule has 186 valence electrons. The van der Waals surface area contributed by atoms with Crippen LogP contribution in [0.4, 0.5) is 0 Å². The predicted molar refractivity (Wildman–Crippen MR) is 96.0 cm³/mol. The lowest BCUT2D eigenvalue weighted by Crippen LogP contribution is -2.38. The summed E-state index contributed by atoms with van der Waals surface area (Å²) in [6.45, 7) is -0.0182. The molecule has 0 aliphatic carbocycles. The van der Waals surface area contributed by atoms with E-state index in [4.69, 9.17) is 9.47 Å². The highest BCUT2D eigenvalue weighted by atomic mass is 17.1. The van der Waals surface area contributed by atoms with E-state index in [0.29, 0.717) is 0 Å². The van der Waals surface area contributed by atoms with Gasteiger partial charge in [0.2, 0.25) is 0 Å². The first-order valence-electron chi connectivity index (χ1n) is 8.58. The van der Waals surface area contributed by atoms with E-state index in [-0.39, 0.29) is 11.3 Å². The lowest BCUT2D eigenvalue weighted by Gasteiger charge is -2.25. The number of esters is 2. The third-order valence-electron chi connectivity index (χ3n) is 3.46. The van der Waals surface area contributed by atoms with E-state index < -0.39 is 63.8 Å². The second kappa shape index (κ2) is 12.7. The lowest BCUT2D eigenvalue weighted by molar-refractivity contribution is -0.860. The Labute approximate surface area is 186 Å². The number of rotatable bonds is 15. The summed E-state index contributed by atoms with van der Waals surface area (Å²) < 4.78 is 9.70. The fraction of sp³-hybridized carbons (Fsp3) is 0.429. The van der Waals surface area contributed by atoms with Crippen LogP contribution in [0.25, 0.3) is 0 Å². The molecule has 0 fully saturated rings. The molecule has 1 atom stereocenters. The molecule has 20 nitrogen and oxygen atoms in total. The normalized spacial score (nSPS) is 11.1. The van der Waals surface area contributed by atoms with Gasteiger partial charge in [0, 0.05) is 19.3 Å². The molecule has 0 saturated carbocycles. The van der Waals surface area contributed by atoms with Crippen LogP contribution in [0.3, 0.4) is 0 Å². The maximum absolute atomic E-state index is 12.4. The molecule has 0 N–H and O–H groups in total. The first-order chi connectivity index (χ1) is 15.9. The van der Waals surface area contributed by atoms with Crippen LogP contribution in [-0.2, 0) is 28.9 Å². The van der Waals surface area contributed by atoms with Gasteiger partial charge < -0.3 is 9.47 Å². The van der Waals surface area contributed by atoms with Gasteiger partial charge >= 0.3 is 11.9 Å². The Kier molecular flexibility index (Phi) is 10.1. The van der Waals surface area contributed by atoms with E-state index in [1.165, 1.54) is 18.2 Å². The third kappa shape index (κ3) is 9.84. The molecule has 0 spiro atoms. The second-order valence-corrected chi connectivity index (χ2v) is 5.80. The van der Waals surface area contributed by atoms with Gasteiger partial charge in [0.25, 0.3) is 32.9 Å². The summed E-state index contributed by atoms with van der Waals surface area (Å²) in [6.07, 6.45) is -5.97. The van der Waals surface area contributed by atoms with Gasteiger partial charge in [0.15, 0.2) is 0 Å². The highest BCUT2D eigenvalue weighted by Gasteiger charge is 2.35. The molecular weight excluding hydrogens is 480 g/mol. The van der Waals surface area contributed by atoms with E-state index in [1.54, 1.807) is 0 Å². The molecule has 34 heavy (non-hydrogen) atoms. The number of carbonyl (C=O) groups is 2. The molecule has 1 aromatic carbocycles. The minimum Gasteiger partial charge on any atom is -0.462 e. The van der Waals surface area contributed by atoms with Crippen molar-refractivity contribution < 1.29 is 58.8 Å². The minimum absolute atomic E-state index is 0.248. The molecule has 0 saturated heterocycles. The van der Waals surface area contributed by atoms with Crippen molar-refractivity contribution in [3.8, 4) is 5.75 Å². The number of ether oxygens (including phenoxy) is 2. The van der Waals surface area contributed by atoms with Crippen molar-refractivity contribution in [3.05, 3.63) is 70.3 Å². The first-order valence-corrected chi connectivity index (χ1v) is 8.58. The largest absolute Gasteiger partial charge is 0.462 e. The summed E-state index contributed by atoms with van der Waals surface area (Å²) in [5.74, 6) is -4.13. The summed E-state index contributed by atoms with van der Waals surface area (Å²) >= 11 is 0. The number of para-hydroxylation sites is 1. The van der Waals surface area contributed by atoms with Crippen molar-refractivity contribution in [2.24, 2.45) is 5.92 Å². The molecule has 1 aromatic rings. The summed E-state index contributed by atoms with van der Waals surface area (Å²) in [4.78, 5) is 81.9. The summed E-state index contributed by atoms with van der Waals surface area (Å²) in [5, 5.41) is 36.4. The summed E-state index contributed by atoms with van der Waals surface area (Å²) in [7, 11) is 0. The van der Waals surface area contributed by atoms with Crippen molar-refractivity contribution >= 4 is 11.9 Å². The van der Waals surface area contributed by atoms with Crippen LogP contribution in [0, 0.1) is 46.4 Å². The maximum Gasteiger partial charge on any atom is 0.341 e. The zero-order chi connectivity index (χ0) is 25.8. The molecule has 0 radical (unpaired) electrons. The Morgan fingerprint density at radius 1 is 0.853 bits per heavy atom. The number of carbonyl (C=O) groups excluding carboxylic acids is 2. The van der Waals surface area contributed by atoms with Gasteiger partial charge in [-0.3, -0.25) is 24.1 Å². The van der Waals surface area contributed by atoms with Gasteiger partial charge in [-0.05, 0) is 12.1 Å². The van der Waals surface area contributed by atoms with E-state index >= 15 is 0 Å². The maximum atomic E-state index is 12.4. The lowest BCUT2D eigenvalue weighted by atomic mass is 10.1. The summed E-state index contributed by atoms with van der Waals surface area (Å²) in [5.41, 5.74) is -0.321. The Bertz CT molecular complexity index is 906. The molecule has 1 rings (SSSR count). The topological polar surface area (TPSA) is 262 Å². The number of nitrogens with zero attached hydrogens (tertiary/aromatic N) is 4. The van der Waals surface area contributed by atoms with Crippen LogP contribution >= 0.6 is 0 Å². The predicted octanol–water partition coefficient (Wildman–Crippen LogP) is 0.260. The quantitative estimate of drug-likeness (QED) is 0.104. The molecular formula is C14H14N4O16. The third-order valence-corrected chi connectivity index (χ3v) is 3.46. The molecule has 0 heterocycles. The number of hydrogen-bond donors (Lipinski definition) is 0. The van der Waals surface area contributed by atoms with Gasteiger partial charge in [-0.1, -0.05) is 12.1 Å². The van der Waals surface area contributed by atoms with E-state index in [2.05, 4.69) is 19.4 Å². The van der Waals surface area contributed by atoms with Crippen molar-refractivity contribution in [1.29, 1.82) is 0 Å². The van der Waals surface area contributed by atoms with Gasteiger partial charge in [-0.15, -0.1) is 40.5 Å². The van der Waals surface area contributed by atoms with Crippen LogP contribution in [0.5, 0.6) is 5.75 Å². The molecule has 20 heteroatoms. The average Bonchev–Trinajstić information content (AvgIpc) is 2.68. The Hall–Kier alpha value is -5.04. The highest BCUT2D eigenvalue weighted by Crippen LogP contribution is 2.23. The Balaban J connectivity index is 3.18. The monoisotopic (exact) mass is 494 g/mol. The highest BCUT2D eigenvalue weighted by molar-refractivity contribution is 5.93.